The lowest BCUT2D eigenvalue weighted by atomic mass is 10.2. The topological polar surface area (TPSA) is 64.3 Å². The lowest BCUT2D eigenvalue weighted by molar-refractivity contribution is 0.161. The van der Waals surface area contributed by atoms with Crippen LogP contribution in [0.3, 0.4) is 0 Å². The van der Waals surface area contributed by atoms with Crippen molar-refractivity contribution in [3.8, 4) is 11.8 Å². The van der Waals surface area contributed by atoms with Crippen molar-refractivity contribution >= 4 is 23.4 Å². The molecule has 96 valence electrons. The van der Waals surface area contributed by atoms with E-state index in [1.165, 1.54) is 0 Å². The van der Waals surface area contributed by atoms with Crippen molar-refractivity contribution in [2.75, 3.05) is 18.5 Å². The summed E-state index contributed by atoms with van der Waals surface area (Å²) in [6, 6.07) is 5.01. The Bertz CT molecular complexity index is 478. The quantitative estimate of drug-likeness (QED) is 0.827. The smallest absolute Gasteiger partial charge is 0.411 e. The Morgan fingerprint density at radius 1 is 1.56 bits per heavy atom. The van der Waals surface area contributed by atoms with Gasteiger partial charge in [0.2, 0.25) is 0 Å². The summed E-state index contributed by atoms with van der Waals surface area (Å²) in [5.74, 6) is 5.56. The molecule has 0 aliphatic carbocycles. The first kappa shape index (κ1) is 14.4. The number of carbonyl (C=O) groups excluding carboxylic acids is 1. The molecular formula is C13H15ClN2O2. The first-order valence-corrected chi connectivity index (χ1v) is 5.97. The molecule has 1 aromatic rings. The fraction of sp³-hybridized carbons (Fsp3) is 0.308. The van der Waals surface area contributed by atoms with E-state index < -0.39 is 6.09 Å². The highest BCUT2D eigenvalue weighted by molar-refractivity contribution is 6.30. The zero-order valence-corrected chi connectivity index (χ0v) is 10.9. The van der Waals surface area contributed by atoms with Gasteiger partial charge in [0, 0.05) is 10.6 Å². The molecule has 5 heteroatoms. The summed E-state index contributed by atoms with van der Waals surface area (Å²) in [6.45, 7) is 2.54. The molecule has 0 atom stereocenters. The Hall–Kier alpha value is -1.70. The van der Waals surface area contributed by atoms with E-state index in [0.29, 0.717) is 22.9 Å². The summed E-state index contributed by atoms with van der Waals surface area (Å²) in [6.07, 6.45) is 0.267. The average Bonchev–Trinajstić information content (AvgIpc) is 2.36. The van der Waals surface area contributed by atoms with Gasteiger partial charge in [-0.2, -0.15) is 0 Å². The van der Waals surface area contributed by atoms with E-state index in [4.69, 9.17) is 22.1 Å². The van der Waals surface area contributed by atoms with Gasteiger partial charge in [-0.05, 0) is 24.6 Å². The number of hydrogen-bond donors (Lipinski definition) is 2. The number of halogens is 1. The van der Waals surface area contributed by atoms with Crippen LogP contribution in [-0.4, -0.2) is 19.2 Å². The van der Waals surface area contributed by atoms with Gasteiger partial charge in [0.25, 0.3) is 0 Å². The molecule has 0 fully saturated rings. The number of rotatable bonds is 3. The van der Waals surface area contributed by atoms with Crippen LogP contribution in [0.1, 0.15) is 18.9 Å². The van der Waals surface area contributed by atoms with Crippen LogP contribution in [0.5, 0.6) is 0 Å². The second kappa shape index (κ2) is 7.59. The van der Waals surface area contributed by atoms with Gasteiger partial charge in [-0.1, -0.05) is 30.4 Å². The van der Waals surface area contributed by atoms with Gasteiger partial charge >= 0.3 is 6.09 Å². The molecule has 18 heavy (non-hydrogen) atoms. The zero-order valence-electron chi connectivity index (χ0n) is 10.1. The molecule has 0 radical (unpaired) electrons. The van der Waals surface area contributed by atoms with Gasteiger partial charge in [0.05, 0.1) is 18.8 Å². The van der Waals surface area contributed by atoms with E-state index >= 15 is 0 Å². The van der Waals surface area contributed by atoms with Crippen LogP contribution in [0, 0.1) is 11.8 Å². The Kier molecular flexibility index (Phi) is 6.06. The van der Waals surface area contributed by atoms with Crippen molar-refractivity contribution < 1.29 is 9.53 Å². The van der Waals surface area contributed by atoms with Gasteiger partial charge in [0.1, 0.15) is 0 Å². The summed E-state index contributed by atoms with van der Waals surface area (Å²) < 4.78 is 4.93. The van der Waals surface area contributed by atoms with Crippen LogP contribution in [0.2, 0.25) is 5.02 Å². The fourth-order valence-corrected chi connectivity index (χ4v) is 1.39. The molecule has 0 spiro atoms. The molecule has 0 saturated heterocycles. The van der Waals surface area contributed by atoms with Gasteiger partial charge < -0.3 is 10.5 Å². The molecule has 0 unspecified atom stereocenters. The van der Waals surface area contributed by atoms with Crippen LogP contribution >= 0.6 is 11.6 Å². The average molecular weight is 267 g/mol. The molecule has 4 nitrogen and oxygen atoms in total. The SMILES string of the molecule is CCCOC(=O)Nc1ccc(Cl)cc1C#CCN. The number of nitrogens with two attached hydrogens (primary N) is 1. The lowest BCUT2D eigenvalue weighted by Gasteiger charge is -2.08. The second-order valence-corrected chi connectivity index (χ2v) is 3.89. The summed E-state index contributed by atoms with van der Waals surface area (Å²) in [5.41, 5.74) is 6.48. The minimum absolute atomic E-state index is 0.242. The number of hydrogen-bond acceptors (Lipinski definition) is 3. The monoisotopic (exact) mass is 266 g/mol. The van der Waals surface area contributed by atoms with E-state index in [2.05, 4.69) is 17.2 Å². The third-order valence-corrected chi connectivity index (χ3v) is 2.22. The molecule has 0 aliphatic heterocycles. The summed E-state index contributed by atoms with van der Waals surface area (Å²) in [7, 11) is 0. The molecular weight excluding hydrogens is 252 g/mol. The molecule has 0 heterocycles. The van der Waals surface area contributed by atoms with Crippen LogP contribution in [0.15, 0.2) is 18.2 Å². The van der Waals surface area contributed by atoms with Crippen molar-refractivity contribution in [1.29, 1.82) is 0 Å². The summed E-state index contributed by atoms with van der Waals surface area (Å²) in [5, 5.41) is 3.16. The number of nitrogens with one attached hydrogen (secondary N) is 1. The number of carbonyl (C=O) groups is 1. The number of anilines is 1. The third-order valence-electron chi connectivity index (χ3n) is 1.98. The second-order valence-electron chi connectivity index (χ2n) is 3.46. The van der Waals surface area contributed by atoms with Crippen molar-refractivity contribution in [2.45, 2.75) is 13.3 Å². The zero-order chi connectivity index (χ0) is 13.4. The highest BCUT2D eigenvalue weighted by Gasteiger charge is 2.06. The van der Waals surface area contributed by atoms with Gasteiger partial charge in [-0.15, -0.1) is 0 Å². The molecule has 1 rings (SSSR count). The predicted molar refractivity (Wildman–Crippen MR) is 72.6 cm³/mol. The van der Waals surface area contributed by atoms with Crippen LogP contribution in [-0.2, 0) is 4.74 Å². The molecule has 1 aromatic carbocycles. The van der Waals surface area contributed by atoms with E-state index in [9.17, 15) is 4.79 Å². The van der Waals surface area contributed by atoms with Gasteiger partial charge in [-0.3, -0.25) is 5.32 Å². The lowest BCUT2D eigenvalue weighted by Crippen LogP contribution is -2.14. The van der Waals surface area contributed by atoms with E-state index in [-0.39, 0.29) is 6.54 Å². The summed E-state index contributed by atoms with van der Waals surface area (Å²) in [4.78, 5) is 11.4. The van der Waals surface area contributed by atoms with Crippen LogP contribution in [0.4, 0.5) is 10.5 Å². The number of amides is 1. The maximum Gasteiger partial charge on any atom is 0.411 e. The number of benzene rings is 1. The van der Waals surface area contributed by atoms with E-state index in [0.717, 1.165) is 6.42 Å². The molecule has 0 aliphatic rings. The normalized spacial score (nSPS) is 9.28. The predicted octanol–water partition coefficient (Wildman–Crippen LogP) is 2.61. The van der Waals surface area contributed by atoms with Gasteiger partial charge in [0.15, 0.2) is 0 Å². The van der Waals surface area contributed by atoms with E-state index in [1.807, 2.05) is 6.92 Å². The Labute approximate surface area is 111 Å². The number of ether oxygens (including phenoxy) is 1. The maximum absolute atomic E-state index is 11.4. The van der Waals surface area contributed by atoms with Crippen molar-refractivity contribution in [3.05, 3.63) is 28.8 Å². The largest absolute Gasteiger partial charge is 0.449 e. The molecule has 0 saturated carbocycles. The molecule has 1 amide bonds. The standard InChI is InChI=1S/C13H15ClN2O2/c1-2-8-18-13(17)16-12-6-5-11(14)9-10(12)4-3-7-15/h5-6,9H,2,7-8,15H2,1H3,(H,16,17). The molecule has 3 N–H and O–H groups in total. The third kappa shape index (κ3) is 4.66. The minimum atomic E-state index is -0.505. The Morgan fingerprint density at radius 3 is 3.00 bits per heavy atom. The maximum atomic E-state index is 11.4. The first-order chi connectivity index (χ1) is 8.67. The highest BCUT2D eigenvalue weighted by atomic mass is 35.5. The van der Waals surface area contributed by atoms with Crippen LogP contribution < -0.4 is 11.1 Å². The summed E-state index contributed by atoms with van der Waals surface area (Å²) >= 11 is 5.87. The van der Waals surface area contributed by atoms with Crippen molar-refractivity contribution in [1.82, 2.24) is 0 Å². The Morgan fingerprint density at radius 2 is 2.33 bits per heavy atom. The van der Waals surface area contributed by atoms with Crippen LogP contribution in [0.25, 0.3) is 0 Å². The van der Waals surface area contributed by atoms with Gasteiger partial charge in [-0.25, -0.2) is 4.79 Å². The highest BCUT2D eigenvalue weighted by Crippen LogP contribution is 2.20. The molecule has 0 aromatic heterocycles. The van der Waals surface area contributed by atoms with Crippen molar-refractivity contribution in [2.24, 2.45) is 5.73 Å². The fourth-order valence-electron chi connectivity index (χ4n) is 1.22. The minimum Gasteiger partial charge on any atom is -0.449 e. The first-order valence-electron chi connectivity index (χ1n) is 5.59. The van der Waals surface area contributed by atoms with Crippen molar-refractivity contribution in [3.63, 3.8) is 0 Å². The van der Waals surface area contributed by atoms with E-state index in [1.54, 1.807) is 18.2 Å². The Balaban J connectivity index is 2.84. The molecule has 0 bridgehead atoms.